The van der Waals surface area contributed by atoms with Gasteiger partial charge < -0.3 is 16.2 Å². The van der Waals surface area contributed by atoms with E-state index in [1.54, 1.807) is 0 Å². The van der Waals surface area contributed by atoms with Crippen LogP contribution in [-0.4, -0.2) is 23.5 Å². The summed E-state index contributed by atoms with van der Waals surface area (Å²) in [6, 6.07) is 3.37. The number of carboxylic acids is 1. The number of nitrogens with two attached hydrogens (primary N) is 1. The zero-order chi connectivity index (χ0) is 14.3. The van der Waals surface area contributed by atoms with E-state index in [2.05, 4.69) is 5.32 Å². The fourth-order valence-electron chi connectivity index (χ4n) is 1.57. The molecule has 0 saturated carbocycles. The van der Waals surface area contributed by atoms with E-state index in [0.29, 0.717) is 19.4 Å². The first-order valence-electron chi connectivity index (χ1n) is 6.07. The zero-order valence-electron chi connectivity index (χ0n) is 10.5. The van der Waals surface area contributed by atoms with E-state index in [1.165, 1.54) is 12.1 Å². The summed E-state index contributed by atoms with van der Waals surface area (Å²) in [4.78, 5) is 22.1. The van der Waals surface area contributed by atoms with Crippen molar-refractivity contribution in [2.45, 2.75) is 25.7 Å². The molecule has 0 atom stereocenters. The van der Waals surface area contributed by atoms with Crippen molar-refractivity contribution in [2.24, 2.45) is 5.73 Å². The van der Waals surface area contributed by atoms with Gasteiger partial charge in [-0.15, -0.1) is 0 Å². The monoisotopic (exact) mass is 268 g/mol. The first-order chi connectivity index (χ1) is 9.04. The summed E-state index contributed by atoms with van der Waals surface area (Å²) in [5.74, 6) is -2.26. The molecule has 0 saturated heterocycles. The number of carboxylic acid groups (broad SMARTS) is 1. The van der Waals surface area contributed by atoms with Gasteiger partial charge >= 0.3 is 5.97 Å². The van der Waals surface area contributed by atoms with E-state index in [9.17, 15) is 14.0 Å². The molecule has 1 aromatic carbocycles. The fourth-order valence-corrected chi connectivity index (χ4v) is 1.57. The minimum absolute atomic E-state index is 0.00572. The number of hydrogen-bond acceptors (Lipinski definition) is 3. The van der Waals surface area contributed by atoms with Gasteiger partial charge in [-0.1, -0.05) is 6.42 Å². The predicted octanol–water partition coefficient (Wildman–Crippen LogP) is 1.98. The number of hydrogen-bond donors (Lipinski definition) is 3. The van der Waals surface area contributed by atoms with E-state index < -0.39 is 11.8 Å². The first kappa shape index (κ1) is 15.1. The van der Waals surface area contributed by atoms with E-state index in [4.69, 9.17) is 10.8 Å². The number of benzene rings is 1. The average Bonchev–Trinajstić information content (AvgIpc) is 2.37. The van der Waals surface area contributed by atoms with Crippen LogP contribution in [0.15, 0.2) is 18.2 Å². The van der Waals surface area contributed by atoms with Gasteiger partial charge in [0, 0.05) is 6.42 Å². The lowest BCUT2D eigenvalue weighted by atomic mass is 10.1. The number of aromatic carboxylic acids is 1. The zero-order valence-corrected chi connectivity index (χ0v) is 10.5. The SMILES string of the molecule is NCCCCCC(=O)Nc1ccc(C(=O)O)cc1F. The van der Waals surface area contributed by atoms with Crippen molar-refractivity contribution < 1.29 is 19.1 Å². The summed E-state index contributed by atoms with van der Waals surface area (Å²) in [5, 5.41) is 11.1. The topological polar surface area (TPSA) is 92.4 Å². The molecule has 4 N–H and O–H groups in total. The maximum absolute atomic E-state index is 13.5. The van der Waals surface area contributed by atoms with Crippen LogP contribution >= 0.6 is 0 Å². The normalized spacial score (nSPS) is 10.2. The van der Waals surface area contributed by atoms with Gasteiger partial charge in [-0.25, -0.2) is 9.18 Å². The molecule has 0 unspecified atom stereocenters. The van der Waals surface area contributed by atoms with Gasteiger partial charge in [0.05, 0.1) is 11.3 Å². The third kappa shape index (κ3) is 5.05. The largest absolute Gasteiger partial charge is 0.478 e. The van der Waals surface area contributed by atoms with Crippen LogP contribution in [-0.2, 0) is 4.79 Å². The molecule has 0 aliphatic heterocycles. The summed E-state index contributed by atoms with van der Waals surface area (Å²) in [5.41, 5.74) is 5.17. The lowest BCUT2D eigenvalue weighted by Gasteiger charge is -2.07. The third-order valence-electron chi connectivity index (χ3n) is 2.60. The highest BCUT2D eigenvalue weighted by molar-refractivity contribution is 5.92. The first-order valence-corrected chi connectivity index (χ1v) is 6.07. The molecule has 1 aromatic rings. The minimum atomic E-state index is -1.21. The minimum Gasteiger partial charge on any atom is -0.478 e. The van der Waals surface area contributed by atoms with Gasteiger partial charge in [-0.3, -0.25) is 4.79 Å². The Balaban J connectivity index is 2.52. The summed E-state index contributed by atoms with van der Waals surface area (Å²) < 4.78 is 13.5. The number of amides is 1. The molecule has 0 fully saturated rings. The van der Waals surface area contributed by atoms with Crippen LogP contribution < -0.4 is 11.1 Å². The Hall–Kier alpha value is -1.95. The highest BCUT2D eigenvalue weighted by atomic mass is 19.1. The van der Waals surface area contributed by atoms with E-state index in [-0.39, 0.29) is 17.2 Å². The molecule has 0 aliphatic rings. The van der Waals surface area contributed by atoms with Crippen molar-refractivity contribution in [1.29, 1.82) is 0 Å². The van der Waals surface area contributed by atoms with Crippen LogP contribution in [0, 0.1) is 5.82 Å². The molecule has 5 nitrogen and oxygen atoms in total. The molecule has 0 radical (unpaired) electrons. The van der Waals surface area contributed by atoms with Gasteiger partial charge in [-0.2, -0.15) is 0 Å². The van der Waals surface area contributed by atoms with Crippen molar-refractivity contribution in [1.82, 2.24) is 0 Å². The number of carbonyl (C=O) groups excluding carboxylic acids is 1. The van der Waals surface area contributed by atoms with Gasteiger partial charge in [0.15, 0.2) is 0 Å². The second-order valence-electron chi connectivity index (χ2n) is 4.15. The highest BCUT2D eigenvalue weighted by Crippen LogP contribution is 2.16. The summed E-state index contributed by atoms with van der Waals surface area (Å²) >= 11 is 0. The van der Waals surface area contributed by atoms with Crippen molar-refractivity contribution in [2.75, 3.05) is 11.9 Å². The molecule has 0 bridgehead atoms. The Kier molecular flexibility index (Phi) is 5.95. The molecule has 1 amide bonds. The van der Waals surface area contributed by atoms with Crippen LogP contribution in [0.2, 0.25) is 0 Å². The number of anilines is 1. The lowest BCUT2D eigenvalue weighted by Crippen LogP contribution is -2.13. The summed E-state index contributed by atoms with van der Waals surface area (Å²) in [6.45, 7) is 0.590. The molecule has 0 heterocycles. The van der Waals surface area contributed by atoms with Crippen molar-refractivity contribution in [3.05, 3.63) is 29.6 Å². The average molecular weight is 268 g/mol. The Morgan fingerprint density at radius 1 is 1.26 bits per heavy atom. The Labute approximate surface area is 110 Å². The molecular formula is C13H17FN2O3. The van der Waals surface area contributed by atoms with E-state index >= 15 is 0 Å². The Morgan fingerprint density at radius 2 is 2.00 bits per heavy atom. The van der Waals surface area contributed by atoms with Gasteiger partial charge in [0.2, 0.25) is 5.91 Å². The second kappa shape index (κ2) is 7.48. The summed E-state index contributed by atoms with van der Waals surface area (Å²) in [6.07, 6.45) is 2.69. The molecule has 6 heteroatoms. The third-order valence-corrected chi connectivity index (χ3v) is 2.60. The highest BCUT2D eigenvalue weighted by Gasteiger charge is 2.10. The maximum Gasteiger partial charge on any atom is 0.335 e. The molecule has 0 aromatic heterocycles. The Morgan fingerprint density at radius 3 is 2.58 bits per heavy atom. The smallest absolute Gasteiger partial charge is 0.335 e. The maximum atomic E-state index is 13.5. The number of unbranched alkanes of at least 4 members (excludes halogenated alkanes) is 2. The van der Waals surface area contributed by atoms with Crippen molar-refractivity contribution >= 4 is 17.6 Å². The fraction of sp³-hybridized carbons (Fsp3) is 0.385. The van der Waals surface area contributed by atoms with Gasteiger partial charge in [0.25, 0.3) is 0 Å². The standard InChI is InChI=1S/C13H17FN2O3/c14-10-8-9(13(18)19)5-6-11(10)16-12(17)4-2-1-3-7-15/h5-6,8H,1-4,7,15H2,(H,16,17)(H,18,19). The number of carbonyl (C=O) groups is 2. The molecule has 1 rings (SSSR count). The van der Waals surface area contributed by atoms with Crippen LogP contribution in [0.1, 0.15) is 36.0 Å². The molecule has 104 valence electrons. The molecule has 19 heavy (non-hydrogen) atoms. The molecular weight excluding hydrogens is 251 g/mol. The molecule has 0 aliphatic carbocycles. The van der Waals surface area contributed by atoms with E-state index in [1.807, 2.05) is 0 Å². The lowest BCUT2D eigenvalue weighted by molar-refractivity contribution is -0.116. The van der Waals surface area contributed by atoms with Gasteiger partial charge in [-0.05, 0) is 37.6 Å². The summed E-state index contributed by atoms with van der Waals surface area (Å²) in [7, 11) is 0. The number of rotatable bonds is 7. The van der Waals surface area contributed by atoms with Crippen molar-refractivity contribution in [3.63, 3.8) is 0 Å². The predicted molar refractivity (Wildman–Crippen MR) is 69.5 cm³/mol. The quantitative estimate of drug-likeness (QED) is 0.659. The van der Waals surface area contributed by atoms with Crippen LogP contribution in [0.5, 0.6) is 0 Å². The number of nitrogens with one attached hydrogen (secondary N) is 1. The second-order valence-corrected chi connectivity index (χ2v) is 4.15. The number of halogens is 1. The van der Waals surface area contributed by atoms with E-state index in [0.717, 1.165) is 18.9 Å². The van der Waals surface area contributed by atoms with Crippen LogP contribution in [0.4, 0.5) is 10.1 Å². The van der Waals surface area contributed by atoms with Crippen molar-refractivity contribution in [3.8, 4) is 0 Å². The van der Waals surface area contributed by atoms with Crippen LogP contribution in [0.3, 0.4) is 0 Å². The molecule has 0 spiro atoms. The Bertz CT molecular complexity index is 463. The van der Waals surface area contributed by atoms with Gasteiger partial charge in [0.1, 0.15) is 5.82 Å². The van der Waals surface area contributed by atoms with Crippen LogP contribution in [0.25, 0.3) is 0 Å².